The smallest absolute Gasteiger partial charge is 0.248 e. The summed E-state index contributed by atoms with van der Waals surface area (Å²) in [5.74, 6) is -1.76. The Labute approximate surface area is 257 Å². The minimum Gasteiger partial charge on any atom is -0.366 e. The molecule has 0 radical (unpaired) electrons. The second-order valence-electron chi connectivity index (χ2n) is 11.1. The van der Waals surface area contributed by atoms with E-state index in [1.165, 1.54) is 0 Å². The van der Waals surface area contributed by atoms with Crippen LogP contribution in [0.5, 0.6) is 0 Å². The summed E-state index contributed by atoms with van der Waals surface area (Å²) in [6, 6.07) is 22.9. The number of nitrogens with zero attached hydrogens (tertiary/aromatic N) is 1. The lowest BCUT2D eigenvalue weighted by Crippen LogP contribution is -2.57. The van der Waals surface area contributed by atoms with Crippen molar-refractivity contribution in [2.24, 2.45) is 5.73 Å². The van der Waals surface area contributed by atoms with Crippen LogP contribution in [0.1, 0.15) is 46.8 Å². The second kappa shape index (κ2) is 15.5. The highest BCUT2D eigenvalue weighted by Crippen LogP contribution is 2.20. The first kappa shape index (κ1) is 31.9. The number of hydrogen-bond acceptors (Lipinski definition) is 5. The summed E-state index contributed by atoms with van der Waals surface area (Å²) in [4.78, 5) is 65.6. The average molecular weight is 598 g/mol. The van der Waals surface area contributed by atoms with Crippen LogP contribution in [0.2, 0.25) is 0 Å². The first-order chi connectivity index (χ1) is 21.2. The number of likely N-dealkylation sites (tertiary alicyclic amines) is 1. The minimum absolute atomic E-state index is 0.0754. The maximum absolute atomic E-state index is 14.0. The van der Waals surface area contributed by atoms with E-state index in [-0.39, 0.29) is 36.3 Å². The molecule has 0 aromatic heterocycles. The monoisotopic (exact) mass is 597 g/mol. The van der Waals surface area contributed by atoms with Crippen LogP contribution in [0.3, 0.4) is 0 Å². The number of carbonyl (C=O) groups excluding carboxylic acids is 5. The third kappa shape index (κ3) is 8.76. The molecular formula is C34H39N5O5. The molecular weight excluding hydrogens is 558 g/mol. The van der Waals surface area contributed by atoms with E-state index in [9.17, 15) is 24.0 Å². The SMILES string of the molecule is C[C@H](Cc1ccccc1)NC(=O)[C@H]1CCCN1C(=O)[C@H](Cc1ccccc1)NC(=O)[C@@H](Cc1cccc(C(N)=O)c1)NC=O. The summed E-state index contributed by atoms with van der Waals surface area (Å²) in [5, 5.41) is 8.43. The zero-order valence-corrected chi connectivity index (χ0v) is 24.8. The average Bonchev–Trinajstić information content (AvgIpc) is 3.52. The summed E-state index contributed by atoms with van der Waals surface area (Å²) in [6.45, 7) is 2.32. The van der Waals surface area contributed by atoms with Crippen molar-refractivity contribution in [1.29, 1.82) is 0 Å². The van der Waals surface area contributed by atoms with Gasteiger partial charge in [0.05, 0.1) is 0 Å². The largest absolute Gasteiger partial charge is 0.366 e. The van der Waals surface area contributed by atoms with E-state index in [1.807, 2.05) is 67.6 Å². The molecule has 1 fully saturated rings. The molecule has 1 aliphatic heterocycles. The molecule has 1 aliphatic rings. The molecule has 10 heteroatoms. The number of nitrogens with two attached hydrogens (primary N) is 1. The Morgan fingerprint density at radius 3 is 2.09 bits per heavy atom. The number of rotatable bonds is 14. The molecule has 1 heterocycles. The fraction of sp³-hybridized carbons (Fsp3) is 0.324. The molecule has 5 amide bonds. The molecule has 3 aromatic carbocycles. The Kier molecular flexibility index (Phi) is 11.2. The van der Waals surface area contributed by atoms with Gasteiger partial charge in [0.25, 0.3) is 0 Å². The maximum Gasteiger partial charge on any atom is 0.248 e. The molecule has 4 atom stereocenters. The summed E-state index contributed by atoms with van der Waals surface area (Å²) < 4.78 is 0. The molecule has 0 saturated carbocycles. The zero-order chi connectivity index (χ0) is 31.5. The van der Waals surface area contributed by atoms with Gasteiger partial charge in [-0.2, -0.15) is 0 Å². The molecule has 0 aliphatic carbocycles. The molecule has 0 unspecified atom stereocenters. The Hall–Kier alpha value is -4.99. The van der Waals surface area contributed by atoms with Gasteiger partial charge >= 0.3 is 0 Å². The Morgan fingerprint density at radius 1 is 0.841 bits per heavy atom. The summed E-state index contributed by atoms with van der Waals surface area (Å²) in [7, 11) is 0. The van der Waals surface area contributed by atoms with Crippen LogP contribution in [-0.4, -0.2) is 65.7 Å². The maximum atomic E-state index is 14.0. The zero-order valence-electron chi connectivity index (χ0n) is 24.8. The summed E-state index contributed by atoms with van der Waals surface area (Å²) in [6.07, 6.45) is 2.54. The normalized spacial score (nSPS) is 16.3. The minimum atomic E-state index is -1.02. The first-order valence-electron chi connectivity index (χ1n) is 14.8. The molecule has 5 N–H and O–H groups in total. The fourth-order valence-electron chi connectivity index (χ4n) is 5.58. The van der Waals surface area contributed by atoms with Crippen molar-refractivity contribution in [3.63, 3.8) is 0 Å². The van der Waals surface area contributed by atoms with Gasteiger partial charge in [-0.15, -0.1) is 0 Å². The number of primary amides is 1. The number of benzene rings is 3. The molecule has 1 saturated heterocycles. The van der Waals surface area contributed by atoms with Crippen LogP contribution in [0.4, 0.5) is 0 Å². The molecule has 0 spiro atoms. The first-order valence-corrected chi connectivity index (χ1v) is 14.8. The molecule has 0 bridgehead atoms. The van der Waals surface area contributed by atoms with Gasteiger partial charge in [0.2, 0.25) is 30.0 Å². The lowest BCUT2D eigenvalue weighted by Gasteiger charge is -2.30. The van der Waals surface area contributed by atoms with Crippen molar-refractivity contribution >= 4 is 30.0 Å². The predicted octanol–water partition coefficient (Wildman–Crippen LogP) is 1.91. The van der Waals surface area contributed by atoms with E-state index in [0.29, 0.717) is 37.8 Å². The third-order valence-electron chi connectivity index (χ3n) is 7.75. The lowest BCUT2D eigenvalue weighted by atomic mass is 10.0. The Morgan fingerprint density at radius 2 is 1.45 bits per heavy atom. The van der Waals surface area contributed by atoms with E-state index in [4.69, 9.17) is 5.73 Å². The van der Waals surface area contributed by atoms with Gasteiger partial charge in [-0.05, 0) is 55.0 Å². The quantitative estimate of drug-likeness (QED) is 0.209. The van der Waals surface area contributed by atoms with E-state index in [2.05, 4.69) is 16.0 Å². The van der Waals surface area contributed by atoms with Crippen LogP contribution in [0, 0.1) is 0 Å². The molecule has 3 aromatic rings. The van der Waals surface area contributed by atoms with E-state index >= 15 is 0 Å². The third-order valence-corrected chi connectivity index (χ3v) is 7.75. The lowest BCUT2D eigenvalue weighted by molar-refractivity contribution is -0.141. The topological polar surface area (TPSA) is 151 Å². The van der Waals surface area contributed by atoms with Gasteiger partial charge in [-0.3, -0.25) is 24.0 Å². The van der Waals surface area contributed by atoms with Crippen molar-refractivity contribution in [2.75, 3.05) is 6.54 Å². The van der Waals surface area contributed by atoms with Crippen LogP contribution in [0.25, 0.3) is 0 Å². The fourth-order valence-corrected chi connectivity index (χ4v) is 5.58. The van der Waals surface area contributed by atoms with Gasteiger partial charge in [0.1, 0.15) is 18.1 Å². The standard InChI is InChI=1S/C34H39N5O5/c1-23(18-24-10-4-2-5-11-24)37-33(43)30-16-9-17-39(30)34(44)29(20-25-12-6-3-7-13-25)38-32(42)28(36-22-40)21-26-14-8-15-27(19-26)31(35)41/h2-8,10-15,19,22-23,28-30H,9,16-18,20-21H2,1H3,(H2,35,41)(H,36,40)(H,37,43)(H,38,42)/t23-,28-,29+,30-/m1/s1. The predicted molar refractivity (Wildman–Crippen MR) is 166 cm³/mol. The number of hydrogen-bond donors (Lipinski definition) is 4. The highest BCUT2D eigenvalue weighted by Gasteiger charge is 2.38. The molecule has 44 heavy (non-hydrogen) atoms. The van der Waals surface area contributed by atoms with Gasteiger partial charge in [-0.25, -0.2) is 0 Å². The van der Waals surface area contributed by atoms with Crippen molar-refractivity contribution < 1.29 is 24.0 Å². The van der Waals surface area contributed by atoms with Crippen molar-refractivity contribution in [3.8, 4) is 0 Å². The van der Waals surface area contributed by atoms with Gasteiger partial charge in [-0.1, -0.05) is 72.8 Å². The number of amides is 5. The highest BCUT2D eigenvalue weighted by molar-refractivity contribution is 5.95. The van der Waals surface area contributed by atoms with Crippen LogP contribution < -0.4 is 21.7 Å². The highest BCUT2D eigenvalue weighted by atomic mass is 16.2. The van der Waals surface area contributed by atoms with Crippen LogP contribution >= 0.6 is 0 Å². The van der Waals surface area contributed by atoms with E-state index in [0.717, 1.165) is 11.1 Å². The van der Waals surface area contributed by atoms with Crippen LogP contribution in [-0.2, 0) is 38.4 Å². The Bertz CT molecular complexity index is 1450. The van der Waals surface area contributed by atoms with Crippen molar-refractivity contribution in [2.45, 2.75) is 63.2 Å². The van der Waals surface area contributed by atoms with Crippen molar-refractivity contribution in [1.82, 2.24) is 20.9 Å². The van der Waals surface area contributed by atoms with Gasteiger partial charge in [0.15, 0.2) is 0 Å². The Balaban J connectivity index is 1.49. The molecule has 4 rings (SSSR count). The van der Waals surface area contributed by atoms with Crippen molar-refractivity contribution in [3.05, 3.63) is 107 Å². The molecule has 10 nitrogen and oxygen atoms in total. The van der Waals surface area contributed by atoms with Gasteiger partial charge < -0.3 is 26.6 Å². The number of carbonyl (C=O) groups is 5. The van der Waals surface area contributed by atoms with E-state index < -0.39 is 29.9 Å². The second-order valence-corrected chi connectivity index (χ2v) is 11.1. The number of nitrogens with one attached hydrogen (secondary N) is 3. The summed E-state index contributed by atoms with van der Waals surface area (Å²) >= 11 is 0. The molecule has 230 valence electrons. The summed E-state index contributed by atoms with van der Waals surface area (Å²) in [5.41, 5.74) is 8.22. The van der Waals surface area contributed by atoms with E-state index in [1.54, 1.807) is 29.2 Å². The van der Waals surface area contributed by atoms with Crippen LogP contribution in [0.15, 0.2) is 84.9 Å². The van der Waals surface area contributed by atoms with Gasteiger partial charge in [0, 0.05) is 31.0 Å².